The highest BCUT2D eigenvalue weighted by Gasteiger charge is 2.16. The van der Waals surface area contributed by atoms with Crippen LogP contribution in [0.25, 0.3) is 17.5 Å². The second-order valence-electron chi connectivity index (χ2n) is 4.26. The topological polar surface area (TPSA) is 90.0 Å². The maximum absolute atomic E-state index is 11.7. The Morgan fingerprint density at radius 1 is 1.45 bits per heavy atom. The monoisotopic (exact) mass is 272 g/mol. The third-order valence-electron chi connectivity index (χ3n) is 3.03. The predicted octanol–water partition coefficient (Wildman–Crippen LogP) is 1.21. The van der Waals surface area contributed by atoms with Crippen LogP contribution in [0.2, 0.25) is 0 Å². The summed E-state index contributed by atoms with van der Waals surface area (Å²) in [6.07, 6.45) is 2.29. The lowest BCUT2D eigenvalue weighted by Crippen LogP contribution is -2.06. The fourth-order valence-corrected chi connectivity index (χ4v) is 2.04. The number of ether oxygens (including phenoxy) is 2. The van der Waals surface area contributed by atoms with Gasteiger partial charge in [0.05, 0.1) is 13.7 Å². The van der Waals surface area contributed by atoms with Crippen molar-refractivity contribution in [2.24, 2.45) is 0 Å². The lowest BCUT2D eigenvalue weighted by molar-refractivity contribution is -0.136. The zero-order chi connectivity index (χ0) is 13.9. The summed E-state index contributed by atoms with van der Waals surface area (Å²) in [5.74, 6) is 0.943. The second-order valence-corrected chi connectivity index (χ2v) is 4.26. The number of esters is 1. The first-order valence-corrected chi connectivity index (χ1v) is 6.08. The molecule has 20 heavy (non-hydrogen) atoms. The van der Waals surface area contributed by atoms with E-state index in [-0.39, 0.29) is 5.97 Å². The van der Waals surface area contributed by atoms with Crippen molar-refractivity contribution in [3.63, 3.8) is 0 Å². The molecule has 0 amide bonds. The summed E-state index contributed by atoms with van der Waals surface area (Å²) in [6, 6.07) is 5.56. The molecule has 0 unspecified atom stereocenters. The van der Waals surface area contributed by atoms with Crippen molar-refractivity contribution in [2.75, 3.05) is 13.7 Å². The molecule has 1 N–H and O–H groups in total. The molecule has 0 saturated heterocycles. The van der Waals surface area contributed by atoms with Crippen LogP contribution >= 0.6 is 0 Å². The van der Waals surface area contributed by atoms with Crippen molar-refractivity contribution in [1.29, 1.82) is 0 Å². The van der Waals surface area contributed by atoms with E-state index in [0.717, 1.165) is 16.9 Å². The van der Waals surface area contributed by atoms with Crippen molar-refractivity contribution < 1.29 is 14.3 Å². The minimum atomic E-state index is -0.340. The van der Waals surface area contributed by atoms with Crippen molar-refractivity contribution in [3.8, 4) is 17.1 Å². The van der Waals surface area contributed by atoms with E-state index in [0.29, 0.717) is 24.4 Å². The van der Waals surface area contributed by atoms with Gasteiger partial charge in [-0.2, -0.15) is 0 Å². The number of methoxy groups -OCH3 is 1. The Labute approximate surface area is 114 Å². The van der Waals surface area contributed by atoms with Crippen molar-refractivity contribution in [2.45, 2.75) is 6.42 Å². The third-order valence-corrected chi connectivity index (χ3v) is 3.03. The molecule has 0 spiro atoms. The Hall–Kier alpha value is -2.70. The van der Waals surface area contributed by atoms with Gasteiger partial charge < -0.3 is 9.47 Å². The van der Waals surface area contributed by atoms with Gasteiger partial charge in [0.1, 0.15) is 5.75 Å². The molecular weight excluding hydrogens is 260 g/mol. The van der Waals surface area contributed by atoms with Gasteiger partial charge in [0.2, 0.25) is 0 Å². The maximum atomic E-state index is 11.7. The van der Waals surface area contributed by atoms with E-state index >= 15 is 0 Å². The number of rotatable bonds is 2. The van der Waals surface area contributed by atoms with Crippen LogP contribution in [0.4, 0.5) is 0 Å². The van der Waals surface area contributed by atoms with Crippen LogP contribution in [0.5, 0.6) is 5.75 Å². The molecule has 7 nitrogen and oxygen atoms in total. The third kappa shape index (κ3) is 2.25. The number of nitrogens with one attached hydrogen (secondary N) is 1. The van der Waals surface area contributed by atoms with Gasteiger partial charge in [0.25, 0.3) is 0 Å². The number of carbonyl (C=O) groups is 1. The number of hydrogen-bond donors (Lipinski definition) is 1. The van der Waals surface area contributed by atoms with Gasteiger partial charge in [0, 0.05) is 23.1 Å². The molecule has 3 rings (SSSR count). The van der Waals surface area contributed by atoms with E-state index in [9.17, 15) is 4.79 Å². The average Bonchev–Trinajstić information content (AvgIpc) is 2.92. The number of fused-ring (bicyclic) bond motifs is 1. The number of aromatic amines is 1. The summed E-state index contributed by atoms with van der Waals surface area (Å²) in [6.45, 7) is 0.442. The van der Waals surface area contributed by atoms with Crippen LogP contribution in [0.15, 0.2) is 23.8 Å². The summed E-state index contributed by atoms with van der Waals surface area (Å²) in [5.41, 5.74) is 2.20. The normalized spacial score (nSPS) is 13.8. The molecule has 0 bridgehead atoms. The van der Waals surface area contributed by atoms with Crippen LogP contribution in [-0.2, 0) is 9.53 Å². The van der Waals surface area contributed by atoms with Gasteiger partial charge in [-0.25, -0.2) is 9.89 Å². The van der Waals surface area contributed by atoms with Gasteiger partial charge in [-0.1, -0.05) is 0 Å². The molecule has 0 aliphatic carbocycles. The van der Waals surface area contributed by atoms with Gasteiger partial charge >= 0.3 is 5.97 Å². The number of hydrogen-bond acceptors (Lipinski definition) is 6. The molecule has 0 radical (unpaired) electrons. The number of H-pyrrole nitrogens is 1. The summed E-state index contributed by atoms with van der Waals surface area (Å²) >= 11 is 0. The lowest BCUT2D eigenvalue weighted by Gasteiger charge is -2.06. The van der Waals surface area contributed by atoms with E-state index in [1.165, 1.54) is 7.11 Å². The zero-order valence-corrected chi connectivity index (χ0v) is 10.8. The molecule has 7 heteroatoms. The maximum Gasteiger partial charge on any atom is 0.333 e. The molecule has 0 saturated carbocycles. The van der Waals surface area contributed by atoms with Crippen molar-refractivity contribution >= 4 is 12.0 Å². The molecule has 102 valence electrons. The van der Waals surface area contributed by atoms with Gasteiger partial charge in [-0.05, 0) is 34.7 Å². The molecule has 1 aromatic heterocycles. The van der Waals surface area contributed by atoms with Gasteiger partial charge in [-0.3, -0.25) is 0 Å². The Morgan fingerprint density at radius 2 is 2.35 bits per heavy atom. The standard InChI is InChI=1S/C13H12N4O3/c1-19-13(18)9-4-5-20-11-3-2-8(6-10(11)7-9)12-14-16-17-15-12/h2-3,6-7H,4-5H2,1H3,(H,14,15,16,17). The van der Waals surface area contributed by atoms with E-state index in [4.69, 9.17) is 9.47 Å². The molecule has 1 aromatic carbocycles. The van der Waals surface area contributed by atoms with Crippen LogP contribution < -0.4 is 4.74 Å². The highest BCUT2D eigenvalue weighted by atomic mass is 16.5. The quantitative estimate of drug-likeness (QED) is 0.826. The number of carbonyl (C=O) groups excluding carboxylic acids is 1. The first-order valence-electron chi connectivity index (χ1n) is 6.08. The Kier molecular flexibility index (Phi) is 3.16. The van der Waals surface area contributed by atoms with Crippen LogP contribution in [0.3, 0.4) is 0 Å². The van der Waals surface area contributed by atoms with Crippen LogP contribution in [0.1, 0.15) is 12.0 Å². The van der Waals surface area contributed by atoms with Crippen LogP contribution in [0, 0.1) is 0 Å². The highest BCUT2D eigenvalue weighted by molar-refractivity contribution is 5.94. The zero-order valence-electron chi connectivity index (χ0n) is 10.8. The van der Waals surface area contributed by atoms with Crippen LogP contribution in [-0.4, -0.2) is 40.3 Å². The number of tetrazole rings is 1. The molecular formula is C13H12N4O3. The summed E-state index contributed by atoms with van der Waals surface area (Å²) in [4.78, 5) is 11.7. The smallest absolute Gasteiger partial charge is 0.333 e. The predicted molar refractivity (Wildman–Crippen MR) is 69.7 cm³/mol. The first kappa shape index (κ1) is 12.3. The van der Waals surface area contributed by atoms with E-state index < -0.39 is 0 Å². The second kappa shape index (κ2) is 5.12. The summed E-state index contributed by atoms with van der Waals surface area (Å²) in [5, 5.41) is 13.6. The molecule has 1 aliphatic rings. The molecule has 0 atom stereocenters. The molecule has 0 fully saturated rings. The van der Waals surface area contributed by atoms with Crippen molar-refractivity contribution in [1.82, 2.24) is 20.6 Å². The minimum Gasteiger partial charge on any atom is -0.493 e. The Bertz CT molecular complexity index is 664. The van der Waals surface area contributed by atoms with Gasteiger partial charge in [0.15, 0.2) is 5.82 Å². The average molecular weight is 272 g/mol. The summed E-state index contributed by atoms with van der Waals surface area (Å²) < 4.78 is 10.4. The Balaban J connectivity index is 2.04. The SMILES string of the molecule is COC(=O)C1=Cc2cc(-c3nnn[nH]3)ccc2OCC1. The minimum absolute atomic E-state index is 0.340. The highest BCUT2D eigenvalue weighted by Crippen LogP contribution is 2.29. The fraction of sp³-hybridized carbons (Fsp3) is 0.231. The molecule has 2 aromatic rings. The first-order chi connectivity index (χ1) is 9.78. The molecule has 1 aliphatic heterocycles. The summed E-state index contributed by atoms with van der Waals surface area (Å²) in [7, 11) is 1.37. The van der Waals surface area contributed by atoms with Crippen molar-refractivity contribution in [3.05, 3.63) is 29.3 Å². The number of benzene rings is 1. The lowest BCUT2D eigenvalue weighted by atomic mass is 10.1. The Morgan fingerprint density at radius 3 is 3.10 bits per heavy atom. The van der Waals surface area contributed by atoms with E-state index in [2.05, 4.69) is 20.6 Å². The van der Waals surface area contributed by atoms with E-state index in [1.807, 2.05) is 18.2 Å². The fourth-order valence-electron chi connectivity index (χ4n) is 2.04. The number of nitrogens with zero attached hydrogens (tertiary/aromatic N) is 3. The largest absolute Gasteiger partial charge is 0.493 e. The number of aromatic nitrogens is 4. The molecule has 2 heterocycles. The van der Waals surface area contributed by atoms with Gasteiger partial charge in [-0.15, -0.1) is 5.10 Å². The van der Waals surface area contributed by atoms with E-state index in [1.54, 1.807) is 6.08 Å².